The molecule has 4 heteroatoms. The molecule has 1 aromatic carbocycles. The van der Waals surface area contributed by atoms with Crippen LogP contribution in [0.5, 0.6) is 0 Å². The van der Waals surface area contributed by atoms with Gasteiger partial charge in [0.1, 0.15) is 5.69 Å². The van der Waals surface area contributed by atoms with Gasteiger partial charge in [0.25, 0.3) is 5.69 Å². The van der Waals surface area contributed by atoms with E-state index in [9.17, 15) is 10.1 Å². The molecule has 0 aliphatic heterocycles. The van der Waals surface area contributed by atoms with Crippen LogP contribution in [0.1, 0.15) is 25.7 Å². The van der Waals surface area contributed by atoms with Gasteiger partial charge in [-0.15, -0.1) is 0 Å². The Morgan fingerprint density at radius 2 is 2.00 bits per heavy atom. The summed E-state index contributed by atoms with van der Waals surface area (Å²) < 4.78 is 0. The molecule has 0 unspecified atom stereocenters. The molecular formula is C13H18N2O2. The first-order valence-corrected chi connectivity index (χ1v) is 6.13. The van der Waals surface area contributed by atoms with Crippen LogP contribution in [0, 0.1) is 16.0 Å². The first kappa shape index (κ1) is 11.9. The third-order valence-electron chi connectivity index (χ3n) is 3.50. The van der Waals surface area contributed by atoms with Crippen LogP contribution in [0.3, 0.4) is 0 Å². The van der Waals surface area contributed by atoms with Crippen molar-refractivity contribution in [2.45, 2.75) is 25.7 Å². The first-order valence-electron chi connectivity index (χ1n) is 6.13. The normalized spacial score (nSPS) is 16.1. The molecule has 2 rings (SSSR count). The van der Waals surface area contributed by atoms with Crippen molar-refractivity contribution in [3.8, 4) is 0 Å². The maximum atomic E-state index is 10.9. The van der Waals surface area contributed by atoms with E-state index in [1.165, 1.54) is 25.7 Å². The number of nitro groups is 1. The highest BCUT2D eigenvalue weighted by molar-refractivity contribution is 5.62. The van der Waals surface area contributed by atoms with Crippen molar-refractivity contribution in [1.82, 2.24) is 0 Å². The summed E-state index contributed by atoms with van der Waals surface area (Å²) in [5.74, 6) is 0.694. The molecule has 0 amide bonds. The zero-order valence-corrected chi connectivity index (χ0v) is 10.1. The van der Waals surface area contributed by atoms with Crippen molar-refractivity contribution in [3.63, 3.8) is 0 Å². The fraction of sp³-hybridized carbons (Fsp3) is 0.538. The van der Waals surface area contributed by atoms with E-state index < -0.39 is 0 Å². The molecule has 0 radical (unpaired) electrons. The average Bonchev–Trinajstić information content (AvgIpc) is 2.81. The van der Waals surface area contributed by atoms with Crippen molar-refractivity contribution >= 4 is 11.4 Å². The van der Waals surface area contributed by atoms with Gasteiger partial charge >= 0.3 is 0 Å². The Labute approximate surface area is 101 Å². The van der Waals surface area contributed by atoms with E-state index in [4.69, 9.17) is 0 Å². The van der Waals surface area contributed by atoms with E-state index in [0.29, 0.717) is 5.92 Å². The smallest absolute Gasteiger partial charge is 0.292 e. The summed E-state index contributed by atoms with van der Waals surface area (Å²) in [4.78, 5) is 12.7. The van der Waals surface area contributed by atoms with Gasteiger partial charge in [0.15, 0.2) is 0 Å². The Balaban J connectivity index is 2.12. The van der Waals surface area contributed by atoms with Crippen LogP contribution in [0.25, 0.3) is 0 Å². The summed E-state index contributed by atoms with van der Waals surface area (Å²) in [6.07, 6.45) is 5.11. The molecule has 0 atom stereocenters. The van der Waals surface area contributed by atoms with Crippen molar-refractivity contribution in [2.24, 2.45) is 5.92 Å². The van der Waals surface area contributed by atoms with E-state index in [-0.39, 0.29) is 10.6 Å². The minimum Gasteiger partial charge on any atom is -0.369 e. The number of rotatable bonds is 4. The number of anilines is 1. The highest BCUT2D eigenvalue weighted by atomic mass is 16.6. The molecule has 1 saturated carbocycles. The molecule has 1 aliphatic rings. The molecular weight excluding hydrogens is 216 g/mol. The maximum absolute atomic E-state index is 10.9. The number of nitrogens with zero attached hydrogens (tertiary/aromatic N) is 2. The average molecular weight is 234 g/mol. The van der Waals surface area contributed by atoms with Crippen LogP contribution in [0.15, 0.2) is 24.3 Å². The largest absolute Gasteiger partial charge is 0.369 e. The Bertz CT molecular complexity index is 400. The zero-order chi connectivity index (χ0) is 12.3. The molecule has 0 N–H and O–H groups in total. The molecule has 0 spiro atoms. The fourth-order valence-corrected chi connectivity index (χ4v) is 2.62. The van der Waals surface area contributed by atoms with Gasteiger partial charge in [-0.25, -0.2) is 0 Å². The van der Waals surface area contributed by atoms with Crippen molar-refractivity contribution in [2.75, 3.05) is 18.5 Å². The highest BCUT2D eigenvalue weighted by Crippen LogP contribution is 2.30. The fourth-order valence-electron chi connectivity index (χ4n) is 2.62. The molecule has 0 heterocycles. The minimum atomic E-state index is -0.305. The molecule has 1 fully saturated rings. The lowest BCUT2D eigenvalue weighted by molar-refractivity contribution is -0.384. The lowest BCUT2D eigenvalue weighted by atomic mass is 10.1. The number of hydrogen-bond acceptors (Lipinski definition) is 3. The molecule has 0 saturated heterocycles. The second kappa shape index (κ2) is 5.17. The Kier molecular flexibility index (Phi) is 3.61. The molecule has 92 valence electrons. The van der Waals surface area contributed by atoms with Crippen LogP contribution in [0.4, 0.5) is 11.4 Å². The number of hydrogen-bond donors (Lipinski definition) is 0. The van der Waals surface area contributed by atoms with E-state index in [1.54, 1.807) is 12.1 Å². The summed E-state index contributed by atoms with van der Waals surface area (Å²) in [5.41, 5.74) is 0.928. The SMILES string of the molecule is CN(CC1CCCC1)c1ccccc1[N+](=O)[O-]. The van der Waals surface area contributed by atoms with Crippen LogP contribution >= 0.6 is 0 Å². The summed E-state index contributed by atoms with van der Waals surface area (Å²) in [5, 5.41) is 10.9. The Hall–Kier alpha value is -1.58. The van der Waals surface area contributed by atoms with Gasteiger partial charge in [0.05, 0.1) is 4.92 Å². The molecule has 17 heavy (non-hydrogen) atoms. The van der Waals surface area contributed by atoms with Crippen molar-refractivity contribution in [1.29, 1.82) is 0 Å². The summed E-state index contributed by atoms with van der Waals surface area (Å²) in [7, 11) is 1.95. The van der Waals surface area contributed by atoms with Crippen LogP contribution in [-0.2, 0) is 0 Å². The van der Waals surface area contributed by atoms with Crippen molar-refractivity contribution in [3.05, 3.63) is 34.4 Å². The second-order valence-corrected chi connectivity index (χ2v) is 4.78. The predicted octanol–water partition coefficient (Wildman–Crippen LogP) is 3.22. The topological polar surface area (TPSA) is 46.4 Å². The quantitative estimate of drug-likeness (QED) is 0.593. The third kappa shape index (κ3) is 2.75. The Morgan fingerprint density at radius 3 is 2.65 bits per heavy atom. The molecule has 0 bridgehead atoms. The molecule has 1 aliphatic carbocycles. The van der Waals surface area contributed by atoms with Gasteiger partial charge in [0.2, 0.25) is 0 Å². The van der Waals surface area contributed by atoms with Crippen LogP contribution in [0.2, 0.25) is 0 Å². The van der Waals surface area contributed by atoms with Gasteiger partial charge in [-0.05, 0) is 24.8 Å². The monoisotopic (exact) mass is 234 g/mol. The third-order valence-corrected chi connectivity index (χ3v) is 3.50. The van der Waals surface area contributed by atoms with Crippen molar-refractivity contribution < 1.29 is 4.92 Å². The van der Waals surface area contributed by atoms with Gasteiger partial charge < -0.3 is 4.90 Å². The lowest BCUT2D eigenvalue weighted by Gasteiger charge is -2.22. The standard InChI is InChI=1S/C13H18N2O2/c1-14(10-11-6-2-3-7-11)12-8-4-5-9-13(12)15(16)17/h4-5,8-9,11H,2-3,6-7,10H2,1H3. The molecule has 1 aromatic rings. The van der Waals surface area contributed by atoms with E-state index in [1.807, 2.05) is 24.1 Å². The van der Waals surface area contributed by atoms with Gasteiger partial charge in [-0.1, -0.05) is 25.0 Å². The maximum Gasteiger partial charge on any atom is 0.292 e. The summed E-state index contributed by atoms with van der Waals surface area (Å²) in [6, 6.07) is 6.96. The van der Waals surface area contributed by atoms with Gasteiger partial charge in [0, 0.05) is 19.7 Å². The van der Waals surface area contributed by atoms with E-state index >= 15 is 0 Å². The summed E-state index contributed by atoms with van der Waals surface area (Å²) >= 11 is 0. The highest BCUT2D eigenvalue weighted by Gasteiger charge is 2.21. The number of benzene rings is 1. The number of nitro benzene ring substituents is 1. The Morgan fingerprint density at radius 1 is 1.35 bits per heavy atom. The van der Waals surface area contributed by atoms with Gasteiger partial charge in [-0.2, -0.15) is 0 Å². The zero-order valence-electron chi connectivity index (χ0n) is 10.1. The van der Waals surface area contributed by atoms with Gasteiger partial charge in [-0.3, -0.25) is 10.1 Å². The predicted molar refractivity (Wildman–Crippen MR) is 68.3 cm³/mol. The second-order valence-electron chi connectivity index (χ2n) is 4.78. The van der Waals surface area contributed by atoms with Crippen LogP contribution < -0.4 is 4.90 Å². The first-order chi connectivity index (χ1) is 8.18. The summed E-state index contributed by atoms with van der Waals surface area (Å²) in [6.45, 7) is 0.921. The minimum absolute atomic E-state index is 0.202. The lowest BCUT2D eigenvalue weighted by Crippen LogP contribution is -2.24. The van der Waals surface area contributed by atoms with Crippen LogP contribution in [-0.4, -0.2) is 18.5 Å². The van der Waals surface area contributed by atoms with E-state index in [0.717, 1.165) is 12.2 Å². The van der Waals surface area contributed by atoms with E-state index in [2.05, 4.69) is 0 Å². The molecule has 0 aromatic heterocycles. The number of para-hydroxylation sites is 2. The molecule has 4 nitrogen and oxygen atoms in total.